The standard InChI is InChI=1S/C12H19NO2S/c1-4-9(5-2)8-13-12(14)11-10(15-3)6-7-16-11/h6-7,9H,4-5,8H2,1-3H3,(H,13,14). The summed E-state index contributed by atoms with van der Waals surface area (Å²) in [6.07, 6.45) is 2.19. The number of hydrogen-bond acceptors (Lipinski definition) is 3. The van der Waals surface area contributed by atoms with Crippen molar-refractivity contribution in [3.05, 3.63) is 16.3 Å². The SMILES string of the molecule is CCC(CC)CNC(=O)c1sccc1OC. The maximum Gasteiger partial charge on any atom is 0.265 e. The van der Waals surface area contributed by atoms with E-state index in [-0.39, 0.29) is 5.91 Å². The Morgan fingerprint density at radius 2 is 2.19 bits per heavy atom. The molecule has 0 spiro atoms. The van der Waals surface area contributed by atoms with Crippen molar-refractivity contribution in [2.24, 2.45) is 5.92 Å². The Bertz CT molecular complexity index is 332. The zero-order valence-electron chi connectivity index (χ0n) is 10.1. The number of hydrogen-bond donors (Lipinski definition) is 1. The molecule has 4 heteroatoms. The lowest BCUT2D eigenvalue weighted by atomic mass is 10.0. The number of carbonyl (C=O) groups is 1. The van der Waals surface area contributed by atoms with E-state index in [0.29, 0.717) is 16.5 Å². The smallest absolute Gasteiger partial charge is 0.265 e. The van der Waals surface area contributed by atoms with Crippen LogP contribution in [0, 0.1) is 5.92 Å². The highest BCUT2D eigenvalue weighted by Crippen LogP contribution is 2.24. The molecule has 0 saturated carbocycles. The van der Waals surface area contributed by atoms with Crippen LogP contribution >= 0.6 is 11.3 Å². The third-order valence-electron chi connectivity index (χ3n) is 2.76. The molecule has 0 saturated heterocycles. The fourth-order valence-corrected chi connectivity index (χ4v) is 2.29. The van der Waals surface area contributed by atoms with Crippen LogP contribution in [0.4, 0.5) is 0 Å². The van der Waals surface area contributed by atoms with Gasteiger partial charge in [-0.25, -0.2) is 0 Å². The Balaban J connectivity index is 2.52. The molecule has 1 aromatic rings. The Morgan fingerprint density at radius 3 is 2.75 bits per heavy atom. The van der Waals surface area contributed by atoms with Gasteiger partial charge in [0.25, 0.3) is 5.91 Å². The topological polar surface area (TPSA) is 38.3 Å². The molecule has 3 nitrogen and oxygen atoms in total. The first kappa shape index (κ1) is 13.0. The van der Waals surface area contributed by atoms with Gasteiger partial charge >= 0.3 is 0 Å². The molecule has 90 valence electrons. The average molecular weight is 241 g/mol. The number of nitrogens with one attached hydrogen (secondary N) is 1. The van der Waals surface area contributed by atoms with E-state index >= 15 is 0 Å². The normalized spacial score (nSPS) is 10.5. The van der Waals surface area contributed by atoms with Gasteiger partial charge < -0.3 is 10.1 Å². The van der Waals surface area contributed by atoms with Crippen molar-refractivity contribution in [2.45, 2.75) is 26.7 Å². The molecule has 1 rings (SSSR count). The Kier molecular flexibility index (Phi) is 5.32. The molecule has 0 fully saturated rings. The van der Waals surface area contributed by atoms with Crippen LogP contribution in [0.2, 0.25) is 0 Å². The summed E-state index contributed by atoms with van der Waals surface area (Å²) in [5.41, 5.74) is 0. The molecule has 1 amide bonds. The van der Waals surface area contributed by atoms with E-state index in [9.17, 15) is 4.79 Å². The molecule has 16 heavy (non-hydrogen) atoms. The van der Waals surface area contributed by atoms with Crippen LogP contribution in [0.15, 0.2) is 11.4 Å². The van der Waals surface area contributed by atoms with Crippen LogP contribution in [0.3, 0.4) is 0 Å². The number of rotatable bonds is 6. The van der Waals surface area contributed by atoms with Gasteiger partial charge in [0.2, 0.25) is 0 Å². The molecular formula is C12H19NO2S. The fraction of sp³-hybridized carbons (Fsp3) is 0.583. The molecule has 0 aromatic carbocycles. The lowest BCUT2D eigenvalue weighted by Crippen LogP contribution is -2.28. The van der Waals surface area contributed by atoms with E-state index in [0.717, 1.165) is 19.4 Å². The predicted octanol–water partition coefficient (Wildman–Crippen LogP) is 2.92. The van der Waals surface area contributed by atoms with E-state index in [2.05, 4.69) is 19.2 Å². The van der Waals surface area contributed by atoms with Crippen molar-refractivity contribution < 1.29 is 9.53 Å². The van der Waals surface area contributed by atoms with Crippen molar-refractivity contribution in [1.82, 2.24) is 5.32 Å². The molecule has 0 radical (unpaired) electrons. The maximum absolute atomic E-state index is 11.8. The van der Waals surface area contributed by atoms with Crippen molar-refractivity contribution in [3.63, 3.8) is 0 Å². The quantitative estimate of drug-likeness (QED) is 0.831. The highest BCUT2D eigenvalue weighted by molar-refractivity contribution is 7.12. The second kappa shape index (κ2) is 6.53. The first-order valence-corrected chi connectivity index (χ1v) is 6.50. The summed E-state index contributed by atoms with van der Waals surface area (Å²) in [5.74, 6) is 1.20. The minimum Gasteiger partial charge on any atom is -0.495 e. The molecule has 0 unspecified atom stereocenters. The van der Waals surface area contributed by atoms with Crippen LogP contribution in [0.25, 0.3) is 0 Å². The van der Waals surface area contributed by atoms with Crippen molar-refractivity contribution in [1.29, 1.82) is 0 Å². The number of thiophene rings is 1. The number of amides is 1. The monoisotopic (exact) mass is 241 g/mol. The van der Waals surface area contributed by atoms with Crippen LogP contribution < -0.4 is 10.1 Å². The van der Waals surface area contributed by atoms with E-state index in [1.165, 1.54) is 11.3 Å². The molecule has 1 heterocycles. The zero-order chi connectivity index (χ0) is 12.0. The van der Waals surface area contributed by atoms with Gasteiger partial charge in [-0.05, 0) is 17.4 Å². The van der Waals surface area contributed by atoms with Crippen molar-refractivity contribution in [2.75, 3.05) is 13.7 Å². The number of methoxy groups -OCH3 is 1. The molecule has 1 N–H and O–H groups in total. The van der Waals surface area contributed by atoms with Gasteiger partial charge in [-0.1, -0.05) is 26.7 Å². The van der Waals surface area contributed by atoms with Crippen molar-refractivity contribution in [3.8, 4) is 5.75 Å². The average Bonchev–Trinajstić information content (AvgIpc) is 2.78. The van der Waals surface area contributed by atoms with E-state index in [1.54, 1.807) is 7.11 Å². The van der Waals surface area contributed by atoms with Gasteiger partial charge in [0, 0.05) is 6.54 Å². The zero-order valence-corrected chi connectivity index (χ0v) is 10.9. The third kappa shape index (κ3) is 3.23. The van der Waals surface area contributed by atoms with E-state index in [4.69, 9.17) is 4.74 Å². The Hall–Kier alpha value is -1.03. The van der Waals surface area contributed by atoms with Crippen LogP contribution in [-0.4, -0.2) is 19.6 Å². The fourth-order valence-electron chi connectivity index (χ4n) is 1.52. The number of ether oxygens (including phenoxy) is 1. The van der Waals surface area contributed by atoms with Crippen LogP contribution in [0.5, 0.6) is 5.75 Å². The van der Waals surface area contributed by atoms with Gasteiger partial charge in [-0.15, -0.1) is 11.3 Å². The van der Waals surface area contributed by atoms with Gasteiger partial charge in [0.15, 0.2) is 0 Å². The Labute approximate surface area is 101 Å². The largest absolute Gasteiger partial charge is 0.495 e. The summed E-state index contributed by atoms with van der Waals surface area (Å²) in [4.78, 5) is 12.5. The summed E-state index contributed by atoms with van der Waals surface area (Å²) in [7, 11) is 1.58. The van der Waals surface area contributed by atoms with E-state index < -0.39 is 0 Å². The van der Waals surface area contributed by atoms with Gasteiger partial charge in [0.1, 0.15) is 10.6 Å². The lowest BCUT2D eigenvalue weighted by Gasteiger charge is -2.13. The highest BCUT2D eigenvalue weighted by atomic mass is 32.1. The molecule has 0 aliphatic carbocycles. The summed E-state index contributed by atoms with van der Waals surface area (Å²) in [6.45, 7) is 5.03. The molecule has 0 bridgehead atoms. The van der Waals surface area contributed by atoms with Crippen LogP contribution in [0.1, 0.15) is 36.4 Å². The molecule has 0 atom stereocenters. The minimum atomic E-state index is -0.0289. The minimum absolute atomic E-state index is 0.0289. The second-order valence-corrected chi connectivity index (χ2v) is 4.63. The molecule has 0 aliphatic heterocycles. The van der Waals surface area contributed by atoms with E-state index in [1.807, 2.05) is 11.4 Å². The third-order valence-corrected chi connectivity index (χ3v) is 3.66. The maximum atomic E-state index is 11.8. The second-order valence-electron chi connectivity index (χ2n) is 3.71. The summed E-state index contributed by atoms with van der Waals surface area (Å²) >= 11 is 1.41. The highest BCUT2D eigenvalue weighted by Gasteiger charge is 2.14. The summed E-state index contributed by atoms with van der Waals surface area (Å²) in [5, 5.41) is 4.82. The lowest BCUT2D eigenvalue weighted by molar-refractivity contribution is 0.0948. The molecule has 0 aliphatic rings. The first-order chi connectivity index (χ1) is 7.72. The Morgan fingerprint density at radius 1 is 1.50 bits per heavy atom. The molecule has 1 aromatic heterocycles. The van der Waals surface area contributed by atoms with Gasteiger partial charge in [-0.3, -0.25) is 4.79 Å². The number of carbonyl (C=O) groups excluding carboxylic acids is 1. The van der Waals surface area contributed by atoms with Gasteiger partial charge in [-0.2, -0.15) is 0 Å². The summed E-state index contributed by atoms with van der Waals surface area (Å²) < 4.78 is 5.12. The summed E-state index contributed by atoms with van der Waals surface area (Å²) in [6, 6.07) is 1.82. The molecular weight excluding hydrogens is 222 g/mol. The van der Waals surface area contributed by atoms with Gasteiger partial charge in [0.05, 0.1) is 7.11 Å². The first-order valence-electron chi connectivity index (χ1n) is 5.62. The predicted molar refractivity (Wildman–Crippen MR) is 67.3 cm³/mol. The van der Waals surface area contributed by atoms with Crippen LogP contribution in [-0.2, 0) is 0 Å². The van der Waals surface area contributed by atoms with Crippen molar-refractivity contribution >= 4 is 17.2 Å².